The first-order valence-electron chi connectivity index (χ1n) is 11.9. The highest BCUT2D eigenvalue weighted by Gasteiger charge is 2.28. The second-order valence-corrected chi connectivity index (χ2v) is 10.6. The standard InChI is InChI=1S/C25H29N5O4S/c31-25(20-5-7-21(8-6-20)30-14-4-11-26-30)27-23-19-22(35(32,33)29-12-2-1-3-13-29)9-10-24(23)28-15-17-34-18-16-28/h4-11,14,19H,1-3,12-13,15-18H2,(H,27,31). The molecule has 3 heterocycles. The van der Waals surface area contributed by atoms with Crippen molar-refractivity contribution in [3.05, 3.63) is 66.5 Å². The van der Waals surface area contributed by atoms with Crippen molar-refractivity contribution in [3.63, 3.8) is 0 Å². The van der Waals surface area contributed by atoms with Gasteiger partial charge in [-0.3, -0.25) is 4.79 Å². The first-order valence-corrected chi connectivity index (χ1v) is 13.3. The molecule has 0 radical (unpaired) electrons. The van der Waals surface area contributed by atoms with Gasteiger partial charge in [0, 0.05) is 44.1 Å². The van der Waals surface area contributed by atoms with Gasteiger partial charge in [-0.15, -0.1) is 0 Å². The molecule has 1 aromatic heterocycles. The molecule has 0 atom stereocenters. The molecule has 10 heteroatoms. The van der Waals surface area contributed by atoms with E-state index in [1.807, 2.05) is 24.4 Å². The van der Waals surface area contributed by atoms with E-state index >= 15 is 0 Å². The minimum atomic E-state index is -3.63. The Hall–Kier alpha value is -3.21. The van der Waals surface area contributed by atoms with Gasteiger partial charge in [-0.25, -0.2) is 13.1 Å². The number of aromatic nitrogens is 2. The van der Waals surface area contributed by atoms with Gasteiger partial charge in [-0.05, 0) is 61.4 Å². The molecular formula is C25H29N5O4S. The number of anilines is 2. The summed E-state index contributed by atoms with van der Waals surface area (Å²) in [6, 6.07) is 14.0. The maximum absolute atomic E-state index is 13.3. The van der Waals surface area contributed by atoms with Crippen molar-refractivity contribution in [2.45, 2.75) is 24.2 Å². The molecule has 0 bridgehead atoms. The van der Waals surface area contributed by atoms with Gasteiger partial charge >= 0.3 is 0 Å². The van der Waals surface area contributed by atoms with Crippen LogP contribution in [0.15, 0.2) is 65.8 Å². The fraction of sp³-hybridized carbons (Fsp3) is 0.360. The Bertz CT molecular complexity index is 1260. The number of carbonyl (C=O) groups excluding carboxylic acids is 1. The van der Waals surface area contributed by atoms with Crippen LogP contribution < -0.4 is 10.2 Å². The molecule has 184 valence electrons. The Morgan fingerprint density at radius 1 is 0.943 bits per heavy atom. The number of sulfonamides is 1. The molecular weight excluding hydrogens is 466 g/mol. The molecule has 0 saturated carbocycles. The number of nitrogens with one attached hydrogen (secondary N) is 1. The first kappa shape index (κ1) is 23.5. The number of piperidine rings is 1. The van der Waals surface area contributed by atoms with Crippen molar-refractivity contribution in [2.24, 2.45) is 0 Å². The molecule has 35 heavy (non-hydrogen) atoms. The lowest BCUT2D eigenvalue weighted by molar-refractivity contribution is 0.102. The number of ether oxygens (including phenoxy) is 1. The zero-order valence-corrected chi connectivity index (χ0v) is 20.3. The fourth-order valence-electron chi connectivity index (χ4n) is 4.49. The predicted octanol–water partition coefficient (Wildman–Crippen LogP) is 3.14. The minimum Gasteiger partial charge on any atom is -0.378 e. The second-order valence-electron chi connectivity index (χ2n) is 8.69. The molecule has 9 nitrogen and oxygen atoms in total. The van der Waals surface area contributed by atoms with Crippen LogP contribution in [0, 0.1) is 0 Å². The number of hydrogen-bond acceptors (Lipinski definition) is 6. The second kappa shape index (κ2) is 10.2. The summed E-state index contributed by atoms with van der Waals surface area (Å²) in [7, 11) is -3.63. The highest BCUT2D eigenvalue weighted by Crippen LogP contribution is 2.32. The summed E-state index contributed by atoms with van der Waals surface area (Å²) >= 11 is 0. The van der Waals surface area contributed by atoms with E-state index in [0.717, 1.165) is 30.6 Å². The maximum atomic E-state index is 13.3. The lowest BCUT2D eigenvalue weighted by atomic mass is 10.1. The summed E-state index contributed by atoms with van der Waals surface area (Å²) in [6.45, 7) is 3.54. The lowest BCUT2D eigenvalue weighted by Gasteiger charge is -2.31. The van der Waals surface area contributed by atoms with E-state index in [1.54, 1.807) is 45.5 Å². The van der Waals surface area contributed by atoms with Crippen LogP contribution in [0.3, 0.4) is 0 Å². The Morgan fingerprint density at radius 3 is 2.37 bits per heavy atom. The van der Waals surface area contributed by atoms with Crippen LogP contribution in [0.25, 0.3) is 5.69 Å². The van der Waals surface area contributed by atoms with Crippen molar-refractivity contribution >= 4 is 27.3 Å². The number of hydrogen-bond donors (Lipinski definition) is 1. The van der Waals surface area contributed by atoms with Crippen LogP contribution >= 0.6 is 0 Å². The topological polar surface area (TPSA) is 96.8 Å². The monoisotopic (exact) mass is 495 g/mol. The molecule has 2 aromatic carbocycles. The molecule has 2 fully saturated rings. The molecule has 1 N–H and O–H groups in total. The third kappa shape index (κ3) is 5.09. The molecule has 2 aliphatic rings. The quantitative estimate of drug-likeness (QED) is 0.564. The average molecular weight is 496 g/mol. The molecule has 2 aliphatic heterocycles. The smallest absolute Gasteiger partial charge is 0.255 e. The Morgan fingerprint density at radius 2 is 1.69 bits per heavy atom. The molecule has 0 unspecified atom stereocenters. The van der Waals surface area contributed by atoms with E-state index in [-0.39, 0.29) is 10.8 Å². The third-order valence-electron chi connectivity index (χ3n) is 6.42. The van der Waals surface area contributed by atoms with Crippen molar-refractivity contribution in [3.8, 4) is 5.69 Å². The van der Waals surface area contributed by atoms with Gasteiger partial charge in [-0.2, -0.15) is 9.40 Å². The number of rotatable bonds is 6. The zero-order chi connectivity index (χ0) is 24.3. The van der Waals surface area contributed by atoms with Gasteiger partial charge in [0.15, 0.2) is 0 Å². The maximum Gasteiger partial charge on any atom is 0.255 e. The summed E-state index contributed by atoms with van der Waals surface area (Å²) < 4.78 is 35.3. The number of nitrogens with zero attached hydrogens (tertiary/aromatic N) is 4. The predicted molar refractivity (Wildman–Crippen MR) is 134 cm³/mol. The Kier molecular flexibility index (Phi) is 6.85. The molecule has 3 aromatic rings. The fourth-order valence-corrected chi connectivity index (χ4v) is 6.04. The van der Waals surface area contributed by atoms with Crippen LogP contribution in [-0.4, -0.2) is 67.8 Å². The summed E-state index contributed by atoms with van der Waals surface area (Å²) in [5, 5.41) is 7.17. The Balaban J connectivity index is 1.44. The van der Waals surface area contributed by atoms with Crippen molar-refractivity contribution in [2.75, 3.05) is 49.6 Å². The van der Waals surface area contributed by atoms with Gasteiger partial charge < -0.3 is 15.0 Å². The van der Waals surface area contributed by atoms with E-state index in [2.05, 4.69) is 15.3 Å². The van der Waals surface area contributed by atoms with Crippen molar-refractivity contribution < 1.29 is 17.9 Å². The lowest BCUT2D eigenvalue weighted by Crippen LogP contribution is -2.37. The minimum absolute atomic E-state index is 0.195. The Labute approximate surface area is 205 Å². The van der Waals surface area contributed by atoms with E-state index < -0.39 is 10.0 Å². The molecule has 5 rings (SSSR count). The van der Waals surface area contributed by atoms with Crippen LogP contribution in [0.2, 0.25) is 0 Å². The van der Waals surface area contributed by atoms with E-state index in [0.29, 0.717) is 50.6 Å². The normalized spacial score (nSPS) is 17.3. The SMILES string of the molecule is O=C(Nc1cc(S(=O)(=O)N2CCCCC2)ccc1N1CCOCC1)c1ccc(-n2cccn2)cc1. The van der Waals surface area contributed by atoms with Crippen LogP contribution in [0.5, 0.6) is 0 Å². The summed E-state index contributed by atoms with van der Waals surface area (Å²) in [5.41, 5.74) is 2.58. The van der Waals surface area contributed by atoms with Crippen LogP contribution in [-0.2, 0) is 14.8 Å². The molecule has 0 spiro atoms. The number of morpholine rings is 1. The van der Waals surface area contributed by atoms with Gasteiger partial charge in [0.1, 0.15) is 0 Å². The van der Waals surface area contributed by atoms with Gasteiger partial charge in [0.2, 0.25) is 10.0 Å². The van der Waals surface area contributed by atoms with Gasteiger partial charge in [0.25, 0.3) is 5.91 Å². The highest BCUT2D eigenvalue weighted by molar-refractivity contribution is 7.89. The van der Waals surface area contributed by atoms with Gasteiger partial charge in [-0.1, -0.05) is 6.42 Å². The molecule has 0 aliphatic carbocycles. The molecule has 2 saturated heterocycles. The summed E-state index contributed by atoms with van der Waals surface area (Å²) in [5.74, 6) is -0.306. The van der Waals surface area contributed by atoms with Crippen molar-refractivity contribution in [1.29, 1.82) is 0 Å². The summed E-state index contributed by atoms with van der Waals surface area (Å²) in [4.78, 5) is 15.5. The number of carbonyl (C=O) groups is 1. The number of amides is 1. The van der Waals surface area contributed by atoms with Crippen LogP contribution in [0.1, 0.15) is 29.6 Å². The third-order valence-corrected chi connectivity index (χ3v) is 8.31. The largest absolute Gasteiger partial charge is 0.378 e. The van der Waals surface area contributed by atoms with E-state index in [1.165, 1.54) is 0 Å². The average Bonchev–Trinajstić information content (AvgIpc) is 3.45. The van der Waals surface area contributed by atoms with Crippen LogP contribution in [0.4, 0.5) is 11.4 Å². The van der Waals surface area contributed by atoms with Gasteiger partial charge in [0.05, 0.1) is 35.2 Å². The zero-order valence-electron chi connectivity index (χ0n) is 19.5. The number of benzene rings is 2. The van der Waals surface area contributed by atoms with Crippen molar-refractivity contribution in [1.82, 2.24) is 14.1 Å². The first-order chi connectivity index (χ1) is 17.0. The summed E-state index contributed by atoms with van der Waals surface area (Å²) in [6.07, 6.45) is 6.30. The molecule has 1 amide bonds. The van der Waals surface area contributed by atoms with E-state index in [4.69, 9.17) is 4.74 Å². The van der Waals surface area contributed by atoms with E-state index in [9.17, 15) is 13.2 Å². The highest BCUT2D eigenvalue weighted by atomic mass is 32.2.